The first-order valence-corrected chi connectivity index (χ1v) is 10.8. The van der Waals surface area contributed by atoms with Crippen LogP contribution in [0.2, 0.25) is 0 Å². The smallest absolute Gasteiger partial charge is 0.135 e. The number of unbranched alkanes of at least 4 members (excludes halogenated alkanes) is 2. The van der Waals surface area contributed by atoms with Gasteiger partial charge in [-0.3, -0.25) is 9.48 Å². The van der Waals surface area contributed by atoms with Crippen molar-refractivity contribution in [2.24, 2.45) is 5.92 Å². The Morgan fingerprint density at radius 1 is 0.966 bits per heavy atom. The normalized spacial score (nSPS) is 10.8. The molecule has 0 aromatic carbocycles. The molecule has 29 heavy (non-hydrogen) atoms. The Kier molecular flexibility index (Phi) is 19.0. The average Bonchev–Trinajstić information content (AvgIpc) is 3.18. The summed E-state index contributed by atoms with van der Waals surface area (Å²) in [6, 6.07) is 0. The largest absolute Gasteiger partial charge is 0.382 e. The second-order valence-electron chi connectivity index (χ2n) is 6.67. The van der Waals surface area contributed by atoms with Crippen molar-refractivity contribution in [2.45, 2.75) is 66.5 Å². The summed E-state index contributed by atoms with van der Waals surface area (Å²) in [5.74, 6) is 0.486. The molecule has 0 saturated heterocycles. The molecule has 0 bridgehead atoms. The van der Waals surface area contributed by atoms with Crippen LogP contribution in [-0.2, 0) is 36.9 Å². The molecule has 0 fully saturated rings. The monoisotopic (exact) mass is 415 g/mol. The van der Waals surface area contributed by atoms with E-state index in [2.05, 4.69) is 10.3 Å². The first-order chi connectivity index (χ1) is 14.1. The van der Waals surface area contributed by atoms with E-state index < -0.39 is 0 Å². The first-order valence-electron chi connectivity index (χ1n) is 10.8. The van der Waals surface area contributed by atoms with Gasteiger partial charge in [0.05, 0.1) is 52.4 Å². The van der Waals surface area contributed by atoms with Gasteiger partial charge in [-0.2, -0.15) is 0 Å². The summed E-state index contributed by atoms with van der Waals surface area (Å²) in [6.45, 7) is 12.5. The molecule has 0 aliphatic carbocycles. The molecular formula is C21H41N3O5. The van der Waals surface area contributed by atoms with Gasteiger partial charge >= 0.3 is 0 Å². The fourth-order valence-electron chi connectivity index (χ4n) is 2.31. The van der Waals surface area contributed by atoms with Gasteiger partial charge in [0.25, 0.3) is 0 Å². The Morgan fingerprint density at radius 2 is 1.59 bits per heavy atom. The van der Waals surface area contributed by atoms with Crippen LogP contribution in [0.4, 0.5) is 0 Å². The highest BCUT2D eigenvalue weighted by Crippen LogP contribution is 2.07. The standard InChI is InChI=1S/C19H35N3O5.C2H6/c1-17(2)19(23)7-5-4-6-8-22-15-18(20-21-22)16-27-14-13-26-12-11-25-10-9-24-3;1-2/h15,17H,4-14,16H2,1-3H3;1-2H3. The molecule has 170 valence electrons. The molecule has 0 spiro atoms. The van der Waals surface area contributed by atoms with E-state index in [1.54, 1.807) is 7.11 Å². The molecule has 0 atom stereocenters. The summed E-state index contributed by atoms with van der Waals surface area (Å²) >= 11 is 0. The van der Waals surface area contributed by atoms with E-state index in [1.165, 1.54) is 0 Å². The molecule has 0 unspecified atom stereocenters. The number of nitrogens with zero attached hydrogens (tertiary/aromatic N) is 3. The molecular weight excluding hydrogens is 374 g/mol. The number of ketones is 1. The summed E-state index contributed by atoms with van der Waals surface area (Å²) in [6.07, 6.45) is 5.55. The minimum atomic E-state index is 0.141. The van der Waals surface area contributed by atoms with Crippen LogP contribution in [0.3, 0.4) is 0 Å². The zero-order valence-electron chi connectivity index (χ0n) is 19.0. The van der Waals surface area contributed by atoms with Crippen molar-refractivity contribution in [3.63, 3.8) is 0 Å². The van der Waals surface area contributed by atoms with E-state index in [9.17, 15) is 4.79 Å². The van der Waals surface area contributed by atoms with Crippen molar-refractivity contribution in [3.05, 3.63) is 11.9 Å². The molecule has 0 N–H and O–H groups in total. The van der Waals surface area contributed by atoms with E-state index in [1.807, 2.05) is 38.6 Å². The molecule has 0 aliphatic heterocycles. The highest BCUT2D eigenvalue weighted by atomic mass is 16.6. The Bertz CT molecular complexity index is 494. The fraction of sp³-hybridized carbons (Fsp3) is 0.857. The second-order valence-corrected chi connectivity index (χ2v) is 6.67. The SMILES string of the molecule is CC.COCCOCCOCCOCc1cn(CCCCCC(=O)C(C)C)nn1. The highest BCUT2D eigenvalue weighted by Gasteiger charge is 2.06. The van der Waals surface area contributed by atoms with Gasteiger partial charge in [0.15, 0.2) is 0 Å². The van der Waals surface area contributed by atoms with Crippen molar-refractivity contribution in [3.8, 4) is 0 Å². The number of carbonyl (C=O) groups excluding carboxylic acids is 1. The lowest BCUT2D eigenvalue weighted by Gasteiger charge is -2.05. The maximum Gasteiger partial charge on any atom is 0.135 e. The van der Waals surface area contributed by atoms with E-state index in [4.69, 9.17) is 18.9 Å². The number of aryl methyl sites for hydroxylation is 1. The third kappa shape index (κ3) is 16.2. The zero-order valence-corrected chi connectivity index (χ0v) is 19.0. The lowest BCUT2D eigenvalue weighted by atomic mass is 10.0. The van der Waals surface area contributed by atoms with Crippen molar-refractivity contribution in [2.75, 3.05) is 46.8 Å². The number of Topliss-reactive ketones (excluding diaryl/α,β-unsaturated/α-hetero) is 1. The Balaban J connectivity index is 0.00000379. The minimum Gasteiger partial charge on any atom is -0.382 e. The summed E-state index contributed by atoms with van der Waals surface area (Å²) in [7, 11) is 1.65. The number of ether oxygens (including phenoxy) is 4. The number of methoxy groups -OCH3 is 1. The third-order valence-corrected chi connectivity index (χ3v) is 3.97. The Labute approximate surface area is 176 Å². The molecule has 0 aliphatic rings. The number of rotatable bonds is 18. The molecule has 8 nitrogen and oxygen atoms in total. The van der Waals surface area contributed by atoms with Gasteiger partial charge in [0.1, 0.15) is 11.5 Å². The molecule has 0 saturated carbocycles. The molecule has 1 rings (SSSR count). The fourth-order valence-corrected chi connectivity index (χ4v) is 2.31. The summed E-state index contributed by atoms with van der Waals surface area (Å²) < 4.78 is 22.9. The van der Waals surface area contributed by atoms with Crippen LogP contribution in [0, 0.1) is 5.92 Å². The number of hydrogen-bond acceptors (Lipinski definition) is 7. The lowest BCUT2D eigenvalue weighted by molar-refractivity contribution is -0.122. The van der Waals surface area contributed by atoms with E-state index >= 15 is 0 Å². The molecule has 0 radical (unpaired) electrons. The number of hydrogen-bond donors (Lipinski definition) is 0. The quantitative estimate of drug-likeness (QED) is 0.340. The van der Waals surface area contributed by atoms with E-state index in [-0.39, 0.29) is 5.92 Å². The van der Waals surface area contributed by atoms with Crippen LogP contribution >= 0.6 is 0 Å². The molecule has 1 aromatic rings. The minimum absolute atomic E-state index is 0.141. The van der Waals surface area contributed by atoms with Gasteiger partial charge < -0.3 is 18.9 Å². The summed E-state index contributed by atoms with van der Waals surface area (Å²) in [5, 5.41) is 8.21. The van der Waals surface area contributed by atoms with Crippen LogP contribution in [0.1, 0.15) is 59.1 Å². The van der Waals surface area contributed by atoms with Crippen LogP contribution in [0.25, 0.3) is 0 Å². The Hall–Kier alpha value is -1.35. The first kappa shape index (κ1) is 27.6. The summed E-state index contributed by atoms with van der Waals surface area (Å²) in [5.41, 5.74) is 0.813. The predicted octanol–water partition coefficient (Wildman–Crippen LogP) is 3.29. The van der Waals surface area contributed by atoms with Gasteiger partial charge in [-0.15, -0.1) is 5.10 Å². The maximum absolute atomic E-state index is 11.6. The van der Waals surface area contributed by atoms with Crippen LogP contribution < -0.4 is 0 Å². The number of carbonyl (C=O) groups is 1. The Morgan fingerprint density at radius 3 is 2.21 bits per heavy atom. The van der Waals surface area contributed by atoms with Crippen LogP contribution in [0.5, 0.6) is 0 Å². The van der Waals surface area contributed by atoms with Crippen molar-refractivity contribution in [1.29, 1.82) is 0 Å². The molecule has 1 aromatic heterocycles. The lowest BCUT2D eigenvalue weighted by Crippen LogP contribution is -2.11. The summed E-state index contributed by atoms with van der Waals surface area (Å²) in [4.78, 5) is 11.6. The molecule has 1 heterocycles. The third-order valence-electron chi connectivity index (χ3n) is 3.97. The number of aromatic nitrogens is 3. The average molecular weight is 416 g/mol. The molecule has 0 amide bonds. The van der Waals surface area contributed by atoms with Crippen LogP contribution in [-0.4, -0.2) is 67.5 Å². The van der Waals surface area contributed by atoms with E-state index in [0.29, 0.717) is 58.5 Å². The van der Waals surface area contributed by atoms with Gasteiger partial charge in [0, 0.05) is 26.0 Å². The van der Waals surface area contributed by atoms with Crippen LogP contribution in [0.15, 0.2) is 6.20 Å². The molecule has 8 heteroatoms. The van der Waals surface area contributed by atoms with Crippen molar-refractivity contribution in [1.82, 2.24) is 15.0 Å². The zero-order chi connectivity index (χ0) is 21.7. The highest BCUT2D eigenvalue weighted by molar-refractivity contribution is 5.80. The van der Waals surface area contributed by atoms with Gasteiger partial charge in [0.2, 0.25) is 0 Å². The van der Waals surface area contributed by atoms with Gasteiger partial charge in [-0.1, -0.05) is 39.3 Å². The van der Waals surface area contributed by atoms with Gasteiger partial charge in [-0.25, -0.2) is 0 Å². The van der Waals surface area contributed by atoms with Crippen molar-refractivity contribution >= 4 is 5.78 Å². The maximum atomic E-state index is 11.6. The van der Waals surface area contributed by atoms with Crippen molar-refractivity contribution < 1.29 is 23.7 Å². The van der Waals surface area contributed by atoms with E-state index in [0.717, 1.165) is 31.5 Å². The topological polar surface area (TPSA) is 84.7 Å². The predicted molar refractivity (Wildman–Crippen MR) is 113 cm³/mol. The van der Waals surface area contributed by atoms with Gasteiger partial charge in [-0.05, 0) is 12.8 Å². The second kappa shape index (κ2) is 19.9.